The summed E-state index contributed by atoms with van der Waals surface area (Å²) in [6, 6.07) is 7.61. The zero-order chi connectivity index (χ0) is 14.6. The Balaban J connectivity index is 0.000000191. The molecule has 102 valence electrons. The van der Waals surface area contributed by atoms with Gasteiger partial charge in [0.05, 0.1) is 0 Å². The Kier molecular flexibility index (Phi) is 5.30. The van der Waals surface area contributed by atoms with Crippen molar-refractivity contribution in [3.05, 3.63) is 57.6 Å². The molecule has 0 amide bonds. The molecule has 0 radical (unpaired) electrons. The summed E-state index contributed by atoms with van der Waals surface area (Å²) >= 11 is 3.19. The molecule has 0 spiro atoms. The van der Waals surface area contributed by atoms with Gasteiger partial charge in [0.1, 0.15) is 11.6 Å². The molecule has 0 saturated heterocycles. The highest BCUT2D eigenvalue weighted by atomic mass is 79.9. The van der Waals surface area contributed by atoms with E-state index in [4.69, 9.17) is 11.5 Å². The normalized spacial score (nSPS) is 9.74. The minimum atomic E-state index is -0.263. The Morgan fingerprint density at radius 1 is 0.895 bits per heavy atom. The van der Waals surface area contributed by atoms with Crippen molar-refractivity contribution in [2.24, 2.45) is 0 Å². The van der Waals surface area contributed by atoms with Crippen LogP contribution in [-0.2, 0) is 0 Å². The molecule has 2 nitrogen and oxygen atoms in total. The topological polar surface area (TPSA) is 52.0 Å². The lowest BCUT2D eigenvalue weighted by molar-refractivity contribution is 0.618. The summed E-state index contributed by atoms with van der Waals surface area (Å²) < 4.78 is 25.9. The zero-order valence-corrected chi connectivity index (χ0v) is 12.3. The molecule has 0 aliphatic heterocycles. The number of aryl methyl sites for hydroxylation is 2. The van der Waals surface area contributed by atoms with Gasteiger partial charge >= 0.3 is 0 Å². The van der Waals surface area contributed by atoms with Gasteiger partial charge in [-0.05, 0) is 65.2 Å². The fourth-order valence-corrected chi connectivity index (χ4v) is 1.73. The van der Waals surface area contributed by atoms with Crippen molar-refractivity contribution in [2.45, 2.75) is 13.8 Å². The molecule has 0 aromatic heterocycles. The van der Waals surface area contributed by atoms with Crippen LogP contribution >= 0.6 is 15.9 Å². The van der Waals surface area contributed by atoms with Crippen LogP contribution in [0.3, 0.4) is 0 Å². The second kappa shape index (κ2) is 6.52. The van der Waals surface area contributed by atoms with Gasteiger partial charge in [-0.25, -0.2) is 8.78 Å². The van der Waals surface area contributed by atoms with Crippen LogP contribution in [-0.4, -0.2) is 0 Å². The Labute approximate surface area is 119 Å². The van der Waals surface area contributed by atoms with Crippen molar-refractivity contribution >= 4 is 27.3 Å². The summed E-state index contributed by atoms with van der Waals surface area (Å²) in [5.74, 6) is -0.504. The third-order valence-electron chi connectivity index (χ3n) is 2.47. The van der Waals surface area contributed by atoms with Crippen LogP contribution in [0.4, 0.5) is 20.2 Å². The molecule has 0 unspecified atom stereocenters. The van der Waals surface area contributed by atoms with Crippen LogP contribution in [0.25, 0.3) is 0 Å². The molecule has 0 bridgehead atoms. The molecule has 0 heterocycles. The van der Waals surface area contributed by atoms with Crippen LogP contribution < -0.4 is 11.5 Å². The van der Waals surface area contributed by atoms with Crippen molar-refractivity contribution < 1.29 is 8.78 Å². The first kappa shape index (κ1) is 15.4. The molecular weight excluding hydrogens is 314 g/mol. The van der Waals surface area contributed by atoms with Crippen molar-refractivity contribution in [1.29, 1.82) is 0 Å². The first-order chi connectivity index (χ1) is 8.81. The van der Waals surface area contributed by atoms with Crippen LogP contribution in [0.15, 0.2) is 34.8 Å². The SMILES string of the molecule is Cc1cc(Br)c(N)cc1F.Cc1ccc(N)cc1F. The Hall–Kier alpha value is -1.62. The van der Waals surface area contributed by atoms with Gasteiger partial charge in [-0.15, -0.1) is 0 Å². The molecule has 0 saturated carbocycles. The first-order valence-electron chi connectivity index (χ1n) is 5.54. The molecule has 2 aromatic rings. The maximum Gasteiger partial charge on any atom is 0.128 e. The predicted molar refractivity (Wildman–Crippen MR) is 78.8 cm³/mol. The summed E-state index contributed by atoms with van der Waals surface area (Å²) in [5.41, 5.74) is 12.8. The number of nitrogens with two attached hydrogens (primary N) is 2. The molecule has 2 rings (SSSR count). The molecule has 0 aliphatic carbocycles. The van der Waals surface area contributed by atoms with E-state index in [1.165, 1.54) is 12.1 Å². The number of halogens is 3. The largest absolute Gasteiger partial charge is 0.399 e. The molecule has 0 atom stereocenters. The van der Waals surface area contributed by atoms with Crippen LogP contribution in [0.1, 0.15) is 11.1 Å². The number of hydrogen-bond acceptors (Lipinski definition) is 2. The van der Waals surface area contributed by atoms with Gasteiger partial charge in [-0.2, -0.15) is 0 Å². The lowest BCUT2D eigenvalue weighted by Crippen LogP contribution is -1.90. The maximum absolute atomic E-state index is 12.7. The fraction of sp³-hybridized carbons (Fsp3) is 0.143. The van der Waals surface area contributed by atoms with E-state index in [0.29, 0.717) is 22.5 Å². The molecule has 2 aromatic carbocycles. The quantitative estimate of drug-likeness (QED) is 0.712. The predicted octanol–water partition coefficient (Wildman–Crippen LogP) is 4.20. The summed E-state index contributed by atoms with van der Waals surface area (Å²) in [6.45, 7) is 3.40. The first-order valence-corrected chi connectivity index (χ1v) is 6.33. The molecule has 0 aliphatic rings. The lowest BCUT2D eigenvalue weighted by Gasteiger charge is -1.99. The molecular formula is C14H15BrF2N2. The summed E-state index contributed by atoms with van der Waals surface area (Å²) in [6.07, 6.45) is 0. The summed E-state index contributed by atoms with van der Waals surface area (Å²) in [7, 11) is 0. The minimum Gasteiger partial charge on any atom is -0.399 e. The number of anilines is 2. The third-order valence-corrected chi connectivity index (χ3v) is 3.16. The van der Waals surface area contributed by atoms with Crippen LogP contribution in [0.2, 0.25) is 0 Å². The minimum absolute atomic E-state index is 0.241. The van der Waals surface area contributed by atoms with E-state index in [-0.39, 0.29) is 11.6 Å². The molecule has 0 fully saturated rings. The van der Waals surface area contributed by atoms with Gasteiger partial charge in [-0.1, -0.05) is 6.07 Å². The average molecular weight is 329 g/mol. The highest BCUT2D eigenvalue weighted by molar-refractivity contribution is 9.10. The number of benzene rings is 2. The maximum atomic E-state index is 12.7. The van der Waals surface area contributed by atoms with Gasteiger partial charge < -0.3 is 11.5 Å². The summed E-state index contributed by atoms with van der Waals surface area (Å²) in [5, 5.41) is 0. The van der Waals surface area contributed by atoms with E-state index in [2.05, 4.69) is 15.9 Å². The monoisotopic (exact) mass is 328 g/mol. The van der Waals surface area contributed by atoms with Crippen LogP contribution in [0, 0.1) is 25.5 Å². The van der Waals surface area contributed by atoms with E-state index in [0.717, 1.165) is 4.47 Å². The summed E-state index contributed by atoms with van der Waals surface area (Å²) in [4.78, 5) is 0. The van der Waals surface area contributed by atoms with Gasteiger partial charge in [-0.3, -0.25) is 0 Å². The number of hydrogen-bond donors (Lipinski definition) is 2. The van der Waals surface area contributed by atoms with E-state index < -0.39 is 0 Å². The smallest absolute Gasteiger partial charge is 0.128 e. The second-order valence-corrected chi connectivity index (χ2v) is 4.99. The lowest BCUT2D eigenvalue weighted by atomic mass is 10.2. The Bertz CT molecular complexity index is 536. The standard InChI is InChI=1S/C7H7BrFN.C7H8FN/c1-4-2-5(8)7(10)3-6(4)9;1-5-2-3-6(9)4-7(5)8/h2-3H,10H2,1H3;2-4H,9H2,1H3. The number of rotatable bonds is 0. The molecule has 4 N–H and O–H groups in total. The zero-order valence-electron chi connectivity index (χ0n) is 10.7. The van der Waals surface area contributed by atoms with Gasteiger partial charge in [0.25, 0.3) is 0 Å². The van der Waals surface area contributed by atoms with E-state index in [1.807, 2.05) is 0 Å². The fourth-order valence-electron chi connectivity index (χ4n) is 1.27. The van der Waals surface area contributed by atoms with E-state index >= 15 is 0 Å². The van der Waals surface area contributed by atoms with Crippen molar-refractivity contribution in [3.8, 4) is 0 Å². The second-order valence-electron chi connectivity index (χ2n) is 4.13. The van der Waals surface area contributed by atoms with E-state index in [1.54, 1.807) is 32.0 Å². The van der Waals surface area contributed by atoms with Gasteiger partial charge in [0, 0.05) is 15.8 Å². The highest BCUT2D eigenvalue weighted by Gasteiger charge is 2.00. The van der Waals surface area contributed by atoms with E-state index in [9.17, 15) is 8.78 Å². The van der Waals surface area contributed by atoms with Crippen molar-refractivity contribution in [2.75, 3.05) is 11.5 Å². The van der Waals surface area contributed by atoms with Crippen molar-refractivity contribution in [1.82, 2.24) is 0 Å². The van der Waals surface area contributed by atoms with Gasteiger partial charge in [0.2, 0.25) is 0 Å². The average Bonchev–Trinajstić information content (AvgIpc) is 2.33. The van der Waals surface area contributed by atoms with Crippen LogP contribution in [0.5, 0.6) is 0 Å². The highest BCUT2D eigenvalue weighted by Crippen LogP contribution is 2.22. The Morgan fingerprint density at radius 2 is 1.47 bits per heavy atom. The Morgan fingerprint density at radius 3 is 1.95 bits per heavy atom. The number of nitrogen functional groups attached to an aromatic ring is 2. The van der Waals surface area contributed by atoms with Crippen molar-refractivity contribution in [3.63, 3.8) is 0 Å². The third kappa shape index (κ3) is 4.52. The molecule has 19 heavy (non-hydrogen) atoms. The van der Waals surface area contributed by atoms with Gasteiger partial charge in [0.15, 0.2) is 0 Å². The molecule has 5 heteroatoms.